The minimum Gasteiger partial charge on any atom is -0.366 e. The maximum atomic E-state index is 12.6. The SMILES string of the molecule is Cc1cccc(C)c1NC(=O)CN(CCC(=O)Nc1ccc(C(N)=O)cc1)C1CC1. The van der Waals surface area contributed by atoms with E-state index in [0.717, 1.165) is 29.7 Å². The molecule has 3 amide bonds. The molecular weight excluding hydrogens is 380 g/mol. The van der Waals surface area contributed by atoms with Crippen molar-refractivity contribution in [2.24, 2.45) is 5.73 Å². The lowest BCUT2D eigenvalue weighted by molar-refractivity contribution is -0.119. The predicted octanol–water partition coefficient (Wildman–Crippen LogP) is 2.83. The molecule has 158 valence electrons. The maximum absolute atomic E-state index is 12.6. The Morgan fingerprint density at radius 2 is 1.60 bits per heavy atom. The molecule has 0 radical (unpaired) electrons. The summed E-state index contributed by atoms with van der Waals surface area (Å²) in [6.07, 6.45) is 2.38. The number of nitrogens with two attached hydrogens (primary N) is 1. The van der Waals surface area contributed by atoms with Crippen molar-refractivity contribution in [3.05, 3.63) is 59.2 Å². The highest BCUT2D eigenvalue weighted by molar-refractivity contribution is 5.95. The van der Waals surface area contributed by atoms with E-state index in [4.69, 9.17) is 5.73 Å². The second kappa shape index (κ2) is 9.54. The number of hydrogen-bond donors (Lipinski definition) is 3. The second-order valence-corrected chi connectivity index (χ2v) is 7.76. The number of carbonyl (C=O) groups excluding carboxylic acids is 3. The van der Waals surface area contributed by atoms with Crippen molar-refractivity contribution in [3.63, 3.8) is 0 Å². The normalized spacial score (nSPS) is 13.2. The van der Waals surface area contributed by atoms with Gasteiger partial charge in [-0.3, -0.25) is 19.3 Å². The molecule has 7 nitrogen and oxygen atoms in total. The van der Waals surface area contributed by atoms with Crippen molar-refractivity contribution >= 4 is 29.1 Å². The van der Waals surface area contributed by atoms with Gasteiger partial charge in [0.1, 0.15) is 0 Å². The Morgan fingerprint density at radius 3 is 2.17 bits per heavy atom. The van der Waals surface area contributed by atoms with E-state index in [1.807, 2.05) is 32.0 Å². The molecule has 0 atom stereocenters. The molecule has 3 rings (SSSR count). The van der Waals surface area contributed by atoms with Crippen LogP contribution in [0.3, 0.4) is 0 Å². The van der Waals surface area contributed by atoms with Gasteiger partial charge in [-0.05, 0) is 62.1 Å². The topological polar surface area (TPSA) is 105 Å². The van der Waals surface area contributed by atoms with Gasteiger partial charge in [-0.2, -0.15) is 0 Å². The Labute approximate surface area is 176 Å². The molecule has 0 aliphatic heterocycles. The van der Waals surface area contributed by atoms with Gasteiger partial charge >= 0.3 is 0 Å². The van der Waals surface area contributed by atoms with Crippen molar-refractivity contribution < 1.29 is 14.4 Å². The van der Waals surface area contributed by atoms with Gasteiger partial charge in [0.25, 0.3) is 0 Å². The lowest BCUT2D eigenvalue weighted by atomic mass is 10.1. The molecule has 0 spiro atoms. The largest absolute Gasteiger partial charge is 0.366 e. The molecule has 1 fully saturated rings. The standard InChI is InChI=1S/C23H28N4O3/c1-15-4-3-5-16(2)22(15)26-21(29)14-27(19-10-11-19)13-12-20(28)25-18-8-6-17(7-9-18)23(24)30/h3-9,19H,10-14H2,1-2H3,(H2,24,30)(H,25,28)(H,26,29). The molecular formula is C23H28N4O3. The van der Waals surface area contributed by atoms with E-state index < -0.39 is 5.91 Å². The van der Waals surface area contributed by atoms with Crippen molar-refractivity contribution in [1.82, 2.24) is 4.90 Å². The fourth-order valence-electron chi connectivity index (χ4n) is 3.39. The quantitative estimate of drug-likeness (QED) is 0.593. The van der Waals surface area contributed by atoms with Gasteiger partial charge in [-0.1, -0.05) is 18.2 Å². The maximum Gasteiger partial charge on any atom is 0.248 e. The Bertz CT molecular complexity index is 916. The molecule has 4 N–H and O–H groups in total. The van der Waals surface area contributed by atoms with E-state index >= 15 is 0 Å². The summed E-state index contributed by atoms with van der Waals surface area (Å²) >= 11 is 0. The van der Waals surface area contributed by atoms with Gasteiger partial charge < -0.3 is 16.4 Å². The number of para-hydroxylation sites is 1. The summed E-state index contributed by atoms with van der Waals surface area (Å²) in [7, 11) is 0. The number of hydrogen-bond acceptors (Lipinski definition) is 4. The molecule has 7 heteroatoms. The highest BCUT2D eigenvalue weighted by atomic mass is 16.2. The van der Waals surface area contributed by atoms with Gasteiger partial charge in [0.05, 0.1) is 6.54 Å². The Morgan fingerprint density at radius 1 is 0.967 bits per heavy atom. The average molecular weight is 409 g/mol. The summed E-state index contributed by atoms with van der Waals surface area (Å²) in [6, 6.07) is 12.7. The highest BCUT2D eigenvalue weighted by Crippen LogP contribution is 2.27. The van der Waals surface area contributed by atoms with Gasteiger partial charge in [0.2, 0.25) is 17.7 Å². The number of carbonyl (C=O) groups is 3. The van der Waals surface area contributed by atoms with Crippen molar-refractivity contribution in [3.8, 4) is 0 Å². The number of primary amides is 1. The summed E-state index contributed by atoms with van der Waals surface area (Å²) < 4.78 is 0. The second-order valence-electron chi connectivity index (χ2n) is 7.76. The minimum atomic E-state index is -0.507. The lowest BCUT2D eigenvalue weighted by Gasteiger charge is -2.22. The molecule has 0 heterocycles. The smallest absolute Gasteiger partial charge is 0.248 e. The number of benzene rings is 2. The molecule has 1 saturated carbocycles. The third-order valence-corrected chi connectivity index (χ3v) is 5.23. The zero-order valence-electron chi connectivity index (χ0n) is 17.4. The molecule has 30 heavy (non-hydrogen) atoms. The van der Waals surface area contributed by atoms with Crippen LogP contribution in [-0.2, 0) is 9.59 Å². The third-order valence-electron chi connectivity index (χ3n) is 5.23. The fraction of sp³-hybridized carbons (Fsp3) is 0.348. The van der Waals surface area contributed by atoms with Crippen LogP contribution in [0.5, 0.6) is 0 Å². The Kier molecular flexibility index (Phi) is 6.84. The summed E-state index contributed by atoms with van der Waals surface area (Å²) in [6.45, 7) is 4.72. The Hall–Kier alpha value is -3.19. The van der Waals surface area contributed by atoms with Crippen LogP contribution in [0, 0.1) is 13.8 Å². The number of aryl methyl sites for hydroxylation is 2. The first-order chi connectivity index (χ1) is 14.3. The Balaban J connectivity index is 1.51. The highest BCUT2D eigenvalue weighted by Gasteiger charge is 2.30. The molecule has 2 aromatic carbocycles. The molecule has 0 aromatic heterocycles. The number of anilines is 2. The van der Waals surface area contributed by atoms with Gasteiger partial charge in [-0.15, -0.1) is 0 Å². The van der Waals surface area contributed by atoms with Crippen LogP contribution in [0.25, 0.3) is 0 Å². The van der Waals surface area contributed by atoms with Crippen molar-refractivity contribution in [2.45, 2.75) is 39.2 Å². The molecule has 0 bridgehead atoms. The van der Waals surface area contributed by atoms with Crippen LogP contribution < -0.4 is 16.4 Å². The third kappa shape index (κ3) is 5.90. The summed E-state index contributed by atoms with van der Waals surface area (Å²) in [5, 5.41) is 5.83. The molecule has 0 unspecified atom stereocenters. The van der Waals surface area contributed by atoms with E-state index in [-0.39, 0.29) is 24.8 Å². The fourth-order valence-corrected chi connectivity index (χ4v) is 3.39. The zero-order chi connectivity index (χ0) is 21.7. The summed E-state index contributed by atoms with van der Waals surface area (Å²) in [5.41, 5.74) is 9.14. The van der Waals surface area contributed by atoms with Crippen LogP contribution >= 0.6 is 0 Å². The summed E-state index contributed by atoms with van der Waals surface area (Å²) in [5.74, 6) is -0.712. The van der Waals surface area contributed by atoms with Crippen LogP contribution in [0.2, 0.25) is 0 Å². The van der Waals surface area contributed by atoms with E-state index in [1.165, 1.54) is 0 Å². The summed E-state index contributed by atoms with van der Waals surface area (Å²) in [4.78, 5) is 38.1. The van der Waals surface area contributed by atoms with Crippen LogP contribution in [-0.4, -0.2) is 41.8 Å². The van der Waals surface area contributed by atoms with Crippen LogP contribution in [0.4, 0.5) is 11.4 Å². The number of nitrogens with zero attached hydrogens (tertiary/aromatic N) is 1. The molecule has 1 aliphatic carbocycles. The number of nitrogens with one attached hydrogen (secondary N) is 2. The molecule has 2 aromatic rings. The van der Waals surface area contributed by atoms with Gasteiger partial charge in [-0.25, -0.2) is 0 Å². The first-order valence-corrected chi connectivity index (χ1v) is 10.1. The first kappa shape index (κ1) is 21.5. The molecule has 1 aliphatic rings. The number of rotatable bonds is 9. The van der Waals surface area contributed by atoms with Crippen LogP contribution in [0.15, 0.2) is 42.5 Å². The van der Waals surface area contributed by atoms with E-state index in [0.29, 0.717) is 23.8 Å². The molecule has 0 saturated heterocycles. The van der Waals surface area contributed by atoms with Crippen LogP contribution in [0.1, 0.15) is 40.7 Å². The predicted molar refractivity (Wildman–Crippen MR) is 117 cm³/mol. The van der Waals surface area contributed by atoms with Gasteiger partial charge in [0, 0.05) is 35.9 Å². The number of amides is 3. The van der Waals surface area contributed by atoms with E-state index in [2.05, 4.69) is 15.5 Å². The lowest BCUT2D eigenvalue weighted by Crippen LogP contribution is -2.37. The van der Waals surface area contributed by atoms with E-state index in [9.17, 15) is 14.4 Å². The van der Waals surface area contributed by atoms with E-state index in [1.54, 1.807) is 24.3 Å². The first-order valence-electron chi connectivity index (χ1n) is 10.1. The monoisotopic (exact) mass is 408 g/mol. The van der Waals surface area contributed by atoms with Crippen molar-refractivity contribution in [1.29, 1.82) is 0 Å². The van der Waals surface area contributed by atoms with Gasteiger partial charge in [0.15, 0.2) is 0 Å². The zero-order valence-corrected chi connectivity index (χ0v) is 17.4. The average Bonchev–Trinajstić information content (AvgIpc) is 3.54. The minimum absolute atomic E-state index is 0.0678. The van der Waals surface area contributed by atoms with Crippen molar-refractivity contribution in [2.75, 3.05) is 23.7 Å².